The highest BCUT2D eigenvalue weighted by atomic mass is 15.2. The van der Waals surface area contributed by atoms with Gasteiger partial charge in [-0.25, -0.2) is 4.98 Å². The molecule has 0 spiro atoms. The third-order valence-electron chi connectivity index (χ3n) is 3.68. The molecule has 1 aliphatic rings. The lowest BCUT2D eigenvalue weighted by molar-refractivity contribution is 0.368. The van der Waals surface area contributed by atoms with Crippen molar-refractivity contribution in [2.75, 3.05) is 45.2 Å². The molecule has 106 valence electrons. The van der Waals surface area contributed by atoms with Crippen LogP contribution in [-0.2, 0) is 0 Å². The first-order valence-corrected chi connectivity index (χ1v) is 7.30. The predicted molar refractivity (Wildman–Crippen MR) is 80.6 cm³/mol. The summed E-state index contributed by atoms with van der Waals surface area (Å²) in [7, 11) is 4.26. The van der Waals surface area contributed by atoms with E-state index in [9.17, 15) is 0 Å². The van der Waals surface area contributed by atoms with Crippen molar-refractivity contribution in [3.8, 4) is 0 Å². The fourth-order valence-electron chi connectivity index (χ4n) is 2.55. The van der Waals surface area contributed by atoms with Gasteiger partial charge in [-0.3, -0.25) is 0 Å². The summed E-state index contributed by atoms with van der Waals surface area (Å²) in [5.74, 6) is 1.12. The average molecular weight is 262 g/mol. The summed E-state index contributed by atoms with van der Waals surface area (Å²) in [6, 6.07) is 6.82. The lowest BCUT2D eigenvalue weighted by atomic mass is 10.0. The molecule has 1 fully saturated rings. The van der Waals surface area contributed by atoms with Crippen LogP contribution in [-0.4, -0.2) is 56.2 Å². The van der Waals surface area contributed by atoms with Crippen LogP contribution < -0.4 is 10.2 Å². The highest BCUT2D eigenvalue weighted by Gasteiger charge is 2.19. The molecule has 1 aliphatic heterocycles. The first-order valence-electron chi connectivity index (χ1n) is 7.30. The molecule has 1 N–H and O–H groups in total. The van der Waals surface area contributed by atoms with E-state index in [0.717, 1.165) is 25.5 Å². The summed E-state index contributed by atoms with van der Waals surface area (Å²) in [5.41, 5.74) is 0. The van der Waals surface area contributed by atoms with Crippen LogP contribution in [0.4, 0.5) is 5.82 Å². The maximum atomic E-state index is 4.42. The topological polar surface area (TPSA) is 31.4 Å². The highest BCUT2D eigenvalue weighted by molar-refractivity contribution is 5.38. The summed E-state index contributed by atoms with van der Waals surface area (Å²) in [5, 5.41) is 3.68. The Morgan fingerprint density at radius 1 is 1.32 bits per heavy atom. The minimum Gasteiger partial charge on any atom is -0.357 e. The molecule has 0 radical (unpaired) electrons. The third kappa shape index (κ3) is 4.80. The van der Waals surface area contributed by atoms with E-state index >= 15 is 0 Å². The zero-order valence-corrected chi connectivity index (χ0v) is 12.2. The van der Waals surface area contributed by atoms with Crippen molar-refractivity contribution in [2.45, 2.75) is 25.3 Å². The van der Waals surface area contributed by atoms with E-state index in [2.05, 4.69) is 46.3 Å². The number of anilines is 1. The summed E-state index contributed by atoms with van der Waals surface area (Å²) in [4.78, 5) is 9.05. The first kappa shape index (κ1) is 14.3. The Balaban J connectivity index is 1.65. The van der Waals surface area contributed by atoms with Crippen LogP contribution in [0.1, 0.15) is 19.3 Å². The molecule has 0 bridgehead atoms. The van der Waals surface area contributed by atoms with Crippen molar-refractivity contribution in [2.24, 2.45) is 0 Å². The average Bonchev–Trinajstić information content (AvgIpc) is 2.45. The molecule has 1 aromatic heterocycles. The lowest BCUT2D eigenvalue weighted by Gasteiger charge is -2.33. The van der Waals surface area contributed by atoms with E-state index < -0.39 is 0 Å². The van der Waals surface area contributed by atoms with Crippen LogP contribution in [0.5, 0.6) is 0 Å². The van der Waals surface area contributed by atoms with Crippen LogP contribution in [0, 0.1) is 0 Å². The molecule has 0 aromatic carbocycles. The maximum Gasteiger partial charge on any atom is 0.128 e. The van der Waals surface area contributed by atoms with Gasteiger partial charge in [-0.1, -0.05) is 6.07 Å². The second-order valence-corrected chi connectivity index (χ2v) is 5.56. The number of piperidine rings is 1. The Kier molecular flexibility index (Phi) is 5.61. The Hall–Kier alpha value is -1.13. The molecule has 0 saturated carbocycles. The number of aromatic nitrogens is 1. The highest BCUT2D eigenvalue weighted by Crippen LogP contribution is 2.17. The van der Waals surface area contributed by atoms with Gasteiger partial charge in [0.1, 0.15) is 5.82 Å². The standard InChI is InChI=1S/C15H26N4/c1-18(2)11-5-10-16-14-7-12-19(13-8-14)15-6-3-4-9-17-15/h3-4,6,9,14,16H,5,7-8,10-13H2,1-2H3. The molecule has 4 nitrogen and oxygen atoms in total. The van der Waals surface area contributed by atoms with Crippen molar-refractivity contribution < 1.29 is 0 Å². The predicted octanol–water partition coefficient (Wildman–Crippen LogP) is 1.59. The van der Waals surface area contributed by atoms with Gasteiger partial charge in [-0.15, -0.1) is 0 Å². The molecule has 4 heteroatoms. The molecule has 0 atom stereocenters. The smallest absolute Gasteiger partial charge is 0.128 e. The molecule has 0 unspecified atom stereocenters. The van der Waals surface area contributed by atoms with E-state index in [1.807, 2.05) is 12.3 Å². The van der Waals surface area contributed by atoms with Crippen LogP contribution in [0.3, 0.4) is 0 Å². The Morgan fingerprint density at radius 2 is 2.11 bits per heavy atom. The quantitative estimate of drug-likeness (QED) is 0.789. The van der Waals surface area contributed by atoms with Crippen LogP contribution in [0.25, 0.3) is 0 Å². The minimum absolute atomic E-state index is 0.683. The largest absolute Gasteiger partial charge is 0.357 e. The van der Waals surface area contributed by atoms with Crippen molar-refractivity contribution in [1.29, 1.82) is 0 Å². The molecular weight excluding hydrogens is 236 g/mol. The number of hydrogen-bond acceptors (Lipinski definition) is 4. The molecule has 0 aliphatic carbocycles. The van der Waals surface area contributed by atoms with Crippen molar-refractivity contribution in [3.63, 3.8) is 0 Å². The van der Waals surface area contributed by atoms with Crippen LogP contribution >= 0.6 is 0 Å². The van der Waals surface area contributed by atoms with Gasteiger partial charge in [0, 0.05) is 25.3 Å². The first-order chi connectivity index (χ1) is 9.25. The number of rotatable bonds is 6. The van der Waals surface area contributed by atoms with E-state index in [1.165, 1.54) is 25.8 Å². The maximum absolute atomic E-state index is 4.42. The van der Waals surface area contributed by atoms with Gasteiger partial charge >= 0.3 is 0 Å². The Bertz CT molecular complexity index is 344. The monoisotopic (exact) mass is 262 g/mol. The number of pyridine rings is 1. The van der Waals surface area contributed by atoms with Gasteiger partial charge in [0.2, 0.25) is 0 Å². The van der Waals surface area contributed by atoms with E-state index in [1.54, 1.807) is 0 Å². The van der Waals surface area contributed by atoms with Gasteiger partial charge in [0.15, 0.2) is 0 Å². The molecule has 19 heavy (non-hydrogen) atoms. The van der Waals surface area contributed by atoms with Gasteiger partial charge < -0.3 is 15.1 Å². The summed E-state index contributed by atoms with van der Waals surface area (Å²) < 4.78 is 0. The van der Waals surface area contributed by atoms with Gasteiger partial charge in [0.25, 0.3) is 0 Å². The molecule has 2 heterocycles. The second-order valence-electron chi connectivity index (χ2n) is 5.56. The molecular formula is C15H26N4. The van der Waals surface area contributed by atoms with E-state index in [-0.39, 0.29) is 0 Å². The summed E-state index contributed by atoms with van der Waals surface area (Å²) >= 11 is 0. The summed E-state index contributed by atoms with van der Waals surface area (Å²) in [6.07, 6.45) is 5.55. The van der Waals surface area contributed by atoms with Crippen LogP contribution in [0.15, 0.2) is 24.4 Å². The summed E-state index contributed by atoms with van der Waals surface area (Å²) in [6.45, 7) is 4.52. The van der Waals surface area contributed by atoms with Crippen molar-refractivity contribution in [3.05, 3.63) is 24.4 Å². The fraction of sp³-hybridized carbons (Fsp3) is 0.667. The second kappa shape index (κ2) is 7.46. The van der Waals surface area contributed by atoms with E-state index in [0.29, 0.717) is 6.04 Å². The number of nitrogens with one attached hydrogen (secondary N) is 1. The van der Waals surface area contributed by atoms with Crippen molar-refractivity contribution >= 4 is 5.82 Å². The number of hydrogen-bond donors (Lipinski definition) is 1. The van der Waals surface area contributed by atoms with Gasteiger partial charge in [0.05, 0.1) is 0 Å². The fourth-order valence-corrected chi connectivity index (χ4v) is 2.55. The third-order valence-corrected chi connectivity index (χ3v) is 3.68. The Labute approximate surface area is 116 Å². The SMILES string of the molecule is CN(C)CCCNC1CCN(c2ccccn2)CC1. The zero-order chi connectivity index (χ0) is 13.5. The molecule has 0 amide bonds. The van der Waals surface area contributed by atoms with Crippen LogP contribution in [0.2, 0.25) is 0 Å². The lowest BCUT2D eigenvalue weighted by Crippen LogP contribution is -2.43. The molecule has 1 aromatic rings. The van der Waals surface area contributed by atoms with Gasteiger partial charge in [-0.05, 0) is 58.6 Å². The molecule has 2 rings (SSSR count). The Morgan fingerprint density at radius 3 is 2.74 bits per heavy atom. The minimum atomic E-state index is 0.683. The van der Waals surface area contributed by atoms with Crippen molar-refractivity contribution in [1.82, 2.24) is 15.2 Å². The normalized spacial score (nSPS) is 17.1. The van der Waals surface area contributed by atoms with E-state index in [4.69, 9.17) is 0 Å². The number of nitrogens with zero attached hydrogens (tertiary/aromatic N) is 3. The van der Waals surface area contributed by atoms with Gasteiger partial charge in [-0.2, -0.15) is 0 Å². The zero-order valence-electron chi connectivity index (χ0n) is 12.2. The molecule has 1 saturated heterocycles.